The Balaban J connectivity index is 3.20. The van der Waals surface area contributed by atoms with Crippen molar-refractivity contribution in [3.05, 3.63) is 0 Å². The molecular weight excluding hydrogens is 560 g/mol. The lowest BCUT2D eigenvalue weighted by atomic mass is 10.1. The van der Waals surface area contributed by atoms with Gasteiger partial charge in [0.15, 0.2) is 0 Å². The zero-order chi connectivity index (χ0) is 32.0. The van der Waals surface area contributed by atoms with Gasteiger partial charge < -0.3 is 28.4 Å². The molecule has 0 fully saturated rings. The van der Waals surface area contributed by atoms with Gasteiger partial charge in [-0.1, -0.05) is 129 Å². The van der Waals surface area contributed by atoms with Crippen molar-refractivity contribution in [2.45, 2.75) is 155 Å². The van der Waals surface area contributed by atoms with E-state index in [1.54, 1.807) is 0 Å². The highest BCUT2D eigenvalue weighted by Gasteiger charge is 2.04. The molecule has 262 valence electrons. The monoisotopic (exact) mass is 631 g/mol. The van der Waals surface area contributed by atoms with Crippen LogP contribution in [0.5, 0.6) is 0 Å². The van der Waals surface area contributed by atoms with E-state index in [4.69, 9.17) is 28.4 Å². The Morgan fingerprint density at radius 2 is 0.545 bits per heavy atom. The molecule has 0 spiro atoms. The zero-order valence-corrected chi connectivity index (χ0v) is 28.9. The summed E-state index contributed by atoms with van der Waals surface area (Å²) in [6.45, 7) is 8.65. The number of rotatable bonds is 37. The SMILES string of the molecule is CCCCCCCCCCCCC(=O)OCCOCCOCCOCCOCCOC(=O)CCCCCCCCCCCC. The van der Waals surface area contributed by atoms with E-state index in [0.717, 1.165) is 25.7 Å². The Morgan fingerprint density at radius 1 is 0.318 bits per heavy atom. The van der Waals surface area contributed by atoms with Gasteiger partial charge in [-0.3, -0.25) is 9.59 Å². The molecule has 0 aliphatic heterocycles. The second-order valence-corrected chi connectivity index (χ2v) is 11.8. The molecule has 0 heterocycles. The van der Waals surface area contributed by atoms with Gasteiger partial charge in [-0.15, -0.1) is 0 Å². The van der Waals surface area contributed by atoms with E-state index >= 15 is 0 Å². The molecular formula is C36H70O8. The van der Waals surface area contributed by atoms with E-state index in [0.29, 0.717) is 65.7 Å². The number of unbranched alkanes of at least 4 members (excludes halogenated alkanes) is 18. The van der Waals surface area contributed by atoms with Crippen LogP contribution in [0.4, 0.5) is 0 Å². The first kappa shape index (κ1) is 42.8. The molecule has 0 aliphatic rings. The van der Waals surface area contributed by atoms with Gasteiger partial charge in [-0.25, -0.2) is 0 Å². The number of ether oxygens (including phenoxy) is 6. The van der Waals surface area contributed by atoms with E-state index in [1.807, 2.05) is 0 Å². The van der Waals surface area contributed by atoms with Crippen LogP contribution in [-0.2, 0) is 38.0 Å². The maximum absolute atomic E-state index is 11.8. The zero-order valence-electron chi connectivity index (χ0n) is 28.9. The topological polar surface area (TPSA) is 89.5 Å². The molecule has 8 nitrogen and oxygen atoms in total. The van der Waals surface area contributed by atoms with E-state index in [1.165, 1.54) is 103 Å². The average molecular weight is 631 g/mol. The molecule has 0 aliphatic carbocycles. The highest BCUT2D eigenvalue weighted by molar-refractivity contribution is 5.69. The summed E-state index contributed by atoms with van der Waals surface area (Å²) in [5, 5.41) is 0. The maximum atomic E-state index is 11.8. The fourth-order valence-electron chi connectivity index (χ4n) is 4.85. The third-order valence-corrected chi connectivity index (χ3v) is 7.57. The Bertz CT molecular complexity index is 536. The van der Waals surface area contributed by atoms with Crippen LogP contribution in [0.3, 0.4) is 0 Å². The number of esters is 2. The van der Waals surface area contributed by atoms with Crippen LogP contribution in [0.15, 0.2) is 0 Å². The van der Waals surface area contributed by atoms with Crippen molar-refractivity contribution in [2.24, 2.45) is 0 Å². The molecule has 0 unspecified atom stereocenters. The van der Waals surface area contributed by atoms with E-state index in [-0.39, 0.29) is 25.2 Å². The first-order valence-corrected chi connectivity index (χ1v) is 18.3. The van der Waals surface area contributed by atoms with Crippen molar-refractivity contribution in [2.75, 3.05) is 66.1 Å². The molecule has 0 radical (unpaired) electrons. The molecule has 0 aromatic heterocycles. The molecule has 0 bridgehead atoms. The fourth-order valence-corrected chi connectivity index (χ4v) is 4.85. The van der Waals surface area contributed by atoms with Gasteiger partial charge in [0.25, 0.3) is 0 Å². The summed E-state index contributed by atoms with van der Waals surface area (Å²) in [7, 11) is 0. The normalized spacial score (nSPS) is 11.2. The van der Waals surface area contributed by atoms with Gasteiger partial charge in [-0.05, 0) is 12.8 Å². The highest BCUT2D eigenvalue weighted by Crippen LogP contribution is 2.12. The molecule has 0 saturated heterocycles. The van der Waals surface area contributed by atoms with Crippen LogP contribution in [0, 0.1) is 0 Å². The Hall–Kier alpha value is -1.22. The summed E-state index contributed by atoms with van der Waals surface area (Å²) in [6.07, 6.45) is 26.1. The lowest BCUT2D eigenvalue weighted by Gasteiger charge is -2.08. The molecule has 0 aromatic rings. The minimum atomic E-state index is -0.133. The Morgan fingerprint density at radius 3 is 0.818 bits per heavy atom. The lowest BCUT2D eigenvalue weighted by Crippen LogP contribution is -2.15. The largest absolute Gasteiger partial charge is 0.463 e. The quantitative estimate of drug-likeness (QED) is 0.0497. The summed E-state index contributed by atoms with van der Waals surface area (Å²) >= 11 is 0. The van der Waals surface area contributed by atoms with Crippen molar-refractivity contribution >= 4 is 11.9 Å². The van der Waals surface area contributed by atoms with Crippen molar-refractivity contribution in [1.82, 2.24) is 0 Å². The first-order valence-electron chi connectivity index (χ1n) is 18.3. The Labute approximate surface area is 271 Å². The molecule has 44 heavy (non-hydrogen) atoms. The van der Waals surface area contributed by atoms with E-state index in [2.05, 4.69) is 13.8 Å². The van der Waals surface area contributed by atoms with Crippen LogP contribution in [0.25, 0.3) is 0 Å². The smallest absolute Gasteiger partial charge is 0.305 e. The molecule has 0 amide bonds. The van der Waals surface area contributed by atoms with Gasteiger partial charge in [-0.2, -0.15) is 0 Å². The fraction of sp³-hybridized carbons (Fsp3) is 0.944. The van der Waals surface area contributed by atoms with Gasteiger partial charge in [0.1, 0.15) is 13.2 Å². The molecule has 0 atom stereocenters. The van der Waals surface area contributed by atoms with Crippen LogP contribution < -0.4 is 0 Å². The maximum Gasteiger partial charge on any atom is 0.305 e. The number of hydrogen-bond acceptors (Lipinski definition) is 8. The van der Waals surface area contributed by atoms with Gasteiger partial charge >= 0.3 is 11.9 Å². The summed E-state index contributed by atoms with van der Waals surface area (Å²) in [5.41, 5.74) is 0. The molecule has 8 heteroatoms. The van der Waals surface area contributed by atoms with Crippen LogP contribution in [0.1, 0.15) is 155 Å². The predicted octanol–water partition coefficient (Wildman–Crippen LogP) is 8.76. The van der Waals surface area contributed by atoms with Crippen molar-refractivity contribution in [3.63, 3.8) is 0 Å². The van der Waals surface area contributed by atoms with Gasteiger partial charge in [0.05, 0.1) is 52.9 Å². The molecule has 0 aromatic carbocycles. The lowest BCUT2D eigenvalue weighted by molar-refractivity contribution is -0.146. The minimum Gasteiger partial charge on any atom is -0.463 e. The molecule has 0 N–H and O–H groups in total. The average Bonchev–Trinajstić information content (AvgIpc) is 3.02. The second kappa shape index (κ2) is 38.0. The van der Waals surface area contributed by atoms with Crippen molar-refractivity contribution < 1.29 is 38.0 Å². The van der Waals surface area contributed by atoms with Crippen molar-refractivity contribution in [1.29, 1.82) is 0 Å². The van der Waals surface area contributed by atoms with E-state index in [9.17, 15) is 9.59 Å². The molecule has 0 rings (SSSR count). The minimum absolute atomic E-state index is 0.133. The van der Waals surface area contributed by atoms with Gasteiger partial charge in [0, 0.05) is 12.8 Å². The first-order chi connectivity index (χ1) is 21.7. The number of carbonyl (C=O) groups excluding carboxylic acids is 2. The second-order valence-electron chi connectivity index (χ2n) is 11.8. The Kier molecular flexibility index (Phi) is 36.9. The molecule has 0 saturated carbocycles. The highest BCUT2D eigenvalue weighted by atomic mass is 16.6. The number of hydrogen-bond donors (Lipinski definition) is 0. The van der Waals surface area contributed by atoms with Crippen LogP contribution in [-0.4, -0.2) is 78.0 Å². The summed E-state index contributed by atoms with van der Waals surface area (Å²) < 4.78 is 32.3. The van der Waals surface area contributed by atoms with Crippen LogP contribution in [0.2, 0.25) is 0 Å². The number of carbonyl (C=O) groups is 2. The van der Waals surface area contributed by atoms with Crippen molar-refractivity contribution in [3.8, 4) is 0 Å². The van der Waals surface area contributed by atoms with Gasteiger partial charge in [0.2, 0.25) is 0 Å². The van der Waals surface area contributed by atoms with Crippen LogP contribution >= 0.6 is 0 Å². The predicted molar refractivity (Wildman–Crippen MR) is 178 cm³/mol. The summed E-state index contributed by atoms with van der Waals surface area (Å²) in [6, 6.07) is 0. The third-order valence-electron chi connectivity index (χ3n) is 7.57. The third kappa shape index (κ3) is 37.0. The standard InChI is InChI=1S/C36H70O8/c1-3-5-7-9-11-13-15-17-19-21-23-35(37)43-33-31-41-29-27-39-25-26-40-28-30-42-32-34-44-36(38)24-22-20-18-16-14-12-10-8-6-4-2/h3-34H2,1-2H3. The van der Waals surface area contributed by atoms with E-state index < -0.39 is 0 Å². The summed E-state index contributed by atoms with van der Waals surface area (Å²) in [5.74, 6) is -0.266. The summed E-state index contributed by atoms with van der Waals surface area (Å²) in [4.78, 5) is 23.6.